The van der Waals surface area contributed by atoms with Crippen LogP contribution >= 0.6 is 0 Å². The number of hydrogen-bond donors (Lipinski definition) is 3. The molecule has 2 saturated carbocycles. The zero-order chi connectivity index (χ0) is 28.6. The lowest BCUT2D eigenvalue weighted by atomic mass is 9.79. The molecule has 3 rings (SSSR count). The van der Waals surface area contributed by atoms with Gasteiger partial charge in [-0.15, -0.1) is 0 Å². The number of carbonyl (C=O) groups excluding carboxylic acids is 4. The van der Waals surface area contributed by atoms with Crippen LogP contribution in [0.3, 0.4) is 0 Å². The van der Waals surface area contributed by atoms with Crippen LogP contribution in [-0.2, 0) is 19.2 Å². The van der Waals surface area contributed by atoms with Crippen LogP contribution in [0, 0.1) is 17.8 Å². The Morgan fingerprint density at radius 3 is 1.93 bits per heavy atom. The molecule has 7 heteroatoms. The van der Waals surface area contributed by atoms with E-state index >= 15 is 0 Å². The number of carbonyl (C=O) groups is 4. The molecular formula is C33H57N3O4. The highest BCUT2D eigenvalue weighted by atomic mass is 16.2. The van der Waals surface area contributed by atoms with E-state index in [1.807, 2.05) is 0 Å². The van der Waals surface area contributed by atoms with Gasteiger partial charge < -0.3 is 16.0 Å². The van der Waals surface area contributed by atoms with E-state index in [2.05, 4.69) is 22.9 Å². The van der Waals surface area contributed by atoms with E-state index in [9.17, 15) is 19.2 Å². The van der Waals surface area contributed by atoms with Crippen LogP contribution in [0.2, 0.25) is 0 Å². The van der Waals surface area contributed by atoms with Crippen molar-refractivity contribution < 1.29 is 19.2 Å². The number of rotatable bonds is 12. The maximum Gasteiger partial charge on any atom is 0.239 e. The minimum Gasteiger partial charge on any atom is -0.355 e. The van der Waals surface area contributed by atoms with Crippen molar-refractivity contribution in [3.8, 4) is 0 Å². The number of unbranched alkanes of at least 4 members (excludes halogenated alkanes) is 1. The molecule has 0 aromatic carbocycles. The SMILES string of the molecule is CC1N[C@@H](CCCCNC(=O)CNC(=O)CCC(=O)C2CCCCCCCC2)C(=O)C1C1CCCCCCCC1. The number of hydrogen-bond acceptors (Lipinski definition) is 5. The molecular weight excluding hydrogens is 502 g/mol. The van der Waals surface area contributed by atoms with Gasteiger partial charge in [0.15, 0.2) is 5.78 Å². The Balaban J connectivity index is 1.25. The molecule has 1 heterocycles. The minimum absolute atomic E-state index is 0.0559. The summed E-state index contributed by atoms with van der Waals surface area (Å²) < 4.78 is 0. The molecule has 228 valence electrons. The molecule has 0 aromatic heterocycles. The summed E-state index contributed by atoms with van der Waals surface area (Å²) in [5, 5.41) is 9.11. The molecule has 0 bridgehead atoms. The van der Waals surface area contributed by atoms with Crippen molar-refractivity contribution in [2.45, 2.75) is 154 Å². The van der Waals surface area contributed by atoms with Gasteiger partial charge in [0.05, 0.1) is 12.6 Å². The highest BCUT2D eigenvalue weighted by Crippen LogP contribution is 2.34. The second-order valence-corrected chi connectivity index (χ2v) is 12.9. The van der Waals surface area contributed by atoms with Gasteiger partial charge in [0, 0.05) is 37.3 Å². The zero-order valence-electron chi connectivity index (χ0n) is 25.3. The third-order valence-electron chi connectivity index (χ3n) is 9.68. The highest BCUT2D eigenvalue weighted by Gasteiger charge is 2.42. The summed E-state index contributed by atoms with van der Waals surface area (Å²) in [5.74, 6) is 0.953. The molecule has 0 radical (unpaired) electrons. The van der Waals surface area contributed by atoms with Crippen LogP contribution < -0.4 is 16.0 Å². The van der Waals surface area contributed by atoms with E-state index in [0.717, 1.165) is 44.9 Å². The number of amides is 2. The van der Waals surface area contributed by atoms with E-state index in [1.165, 1.54) is 77.0 Å². The fourth-order valence-electron chi connectivity index (χ4n) is 7.30. The summed E-state index contributed by atoms with van der Waals surface area (Å²) >= 11 is 0. The van der Waals surface area contributed by atoms with Gasteiger partial charge in [-0.25, -0.2) is 0 Å². The Labute approximate surface area is 243 Å². The third kappa shape index (κ3) is 11.6. The molecule has 3 atom stereocenters. The predicted octanol–water partition coefficient (Wildman–Crippen LogP) is 5.79. The lowest BCUT2D eigenvalue weighted by Crippen LogP contribution is -2.37. The topological polar surface area (TPSA) is 104 Å². The molecule has 3 N–H and O–H groups in total. The molecule has 2 amide bonds. The Hall–Kier alpha value is -1.76. The summed E-state index contributed by atoms with van der Waals surface area (Å²) in [6, 6.07) is 0.195. The van der Waals surface area contributed by atoms with E-state index in [0.29, 0.717) is 18.2 Å². The van der Waals surface area contributed by atoms with Crippen LogP contribution in [0.5, 0.6) is 0 Å². The molecule has 0 spiro atoms. The average Bonchev–Trinajstić information content (AvgIpc) is 3.35. The Morgan fingerprint density at radius 1 is 0.725 bits per heavy atom. The van der Waals surface area contributed by atoms with Gasteiger partial charge in [0.25, 0.3) is 0 Å². The number of nitrogens with one attached hydrogen (secondary N) is 3. The zero-order valence-corrected chi connectivity index (χ0v) is 25.3. The van der Waals surface area contributed by atoms with Gasteiger partial charge in [-0.3, -0.25) is 19.2 Å². The molecule has 7 nitrogen and oxygen atoms in total. The average molecular weight is 560 g/mol. The van der Waals surface area contributed by atoms with Gasteiger partial charge in [-0.05, 0) is 57.8 Å². The van der Waals surface area contributed by atoms with Crippen molar-refractivity contribution in [1.82, 2.24) is 16.0 Å². The molecule has 40 heavy (non-hydrogen) atoms. The summed E-state index contributed by atoms with van der Waals surface area (Å²) in [6.07, 6.45) is 22.2. The van der Waals surface area contributed by atoms with Gasteiger partial charge in [0.2, 0.25) is 11.8 Å². The predicted molar refractivity (Wildman–Crippen MR) is 160 cm³/mol. The second kappa shape index (κ2) is 18.6. The number of ketones is 2. The summed E-state index contributed by atoms with van der Waals surface area (Å²) in [4.78, 5) is 50.3. The molecule has 3 fully saturated rings. The fraction of sp³-hybridized carbons (Fsp3) is 0.879. The standard InChI is InChI=1S/C33H57N3O4/c1-25-32(27-18-12-8-4-5-9-13-19-27)33(40)28(36-25)20-14-15-23-34-31(39)24-35-30(38)22-21-29(37)26-16-10-6-2-3-7-11-17-26/h25-28,32,36H,2-24H2,1H3,(H,34,39)(H,35,38)/t25?,28-,32?/m0/s1. The normalized spacial score (nSPS) is 26.0. The largest absolute Gasteiger partial charge is 0.355 e. The Bertz CT molecular complexity index is 781. The highest BCUT2D eigenvalue weighted by molar-refractivity contribution is 5.89. The number of Topliss-reactive ketones (excluding diaryl/α,β-unsaturated/α-hetero) is 2. The first-order valence-electron chi connectivity index (χ1n) is 16.8. The van der Waals surface area contributed by atoms with Gasteiger partial charge in [0.1, 0.15) is 5.78 Å². The van der Waals surface area contributed by atoms with Crippen LogP contribution in [0.4, 0.5) is 0 Å². The van der Waals surface area contributed by atoms with E-state index in [-0.39, 0.29) is 60.9 Å². The monoisotopic (exact) mass is 559 g/mol. The molecule has 2 unspecified atom stereocenters. The Kier molecular flexibility index (Phi) is 15.3. The maximum atomic E-state index is 13.3. The quantitative estimate of drug-likeness (QED) is 0.263. The minimum atomic E-state index is -0.235. The van der Waals surface area contributed by atoms with Crippen molar-refractivity contribution in [3.63, 3.8) is 0 Å². The molecule has 3 aliphatic rings. The first-order chi connectivity index (χ1) is 19.5. The van der Waals surface area contributed by atoms with Crippen LogP contribution in [-0.4, -0.2) is 48.6 Å². The first-order valence-corrected chi connectivity index (χ1v) is 16.8. The van der Waals surface area contributed by atoms with Gasteiger partial charge in [-0.2, -0.15) is 0 Å². The maximum absolute atomic E-state index is 13.3. The first kappa shape index (κ1) is 32.8. The second-order valence-electron chi connectivity index (χ2n) is 12.9. The summed E-state index contributed by atoms with van der Waals surface area (Å²) in [6.45, 7) is 2.66. The summed E-state index contributed by atoms with van der Waals surface area (Å²) in [7, 11) is 0. The van der Waals surface area contributed by atoms with Crippen LogP contribution in [0.1, 0.15) is 142 Å². The van der Waals surface area contributed by atoms with Crippen LogP contribution in [0.25, 0.3) is 0 Å². The van der Waals surface area contributed by atoms with Crippen molar-refractivity contribution in [2.24, 2.45) is 17.8 Å². The van der Waals surface area contributed by atoms with Crippen molar-refractivity contribution >= 4 is 23.4 Å². The van der Waals surface area contributed by atoms with Gasteiger partial charge in [-0.1, -0.05) is 77.0 Å². The Morgan fingerprint density at radius 2 is 1.30 bits per heavy atom. The van der Waals surface area contributed by atoms with Crippen molar-refractivity contribution in [2.75, 3.05) is 13.1 Å². The molecule has 0 aromatic rings. The van der Waals surface area contributed by atoms with Gasteiger partial charge >= 0.3 is 0 Å². The van der Waals surface area contributed by atoms with Crippen LogP contribution in [0.15, 0.2) is 0 Å². The van der Waals surface area contributed by atoms with E-state index < -0.39 is 0 Å². The van der Waals surface area contributed by atoms with E-state index in [1.54, 1.807) is 0 Å². The molecule has 1 saturated heterocycles. The van der Waals surface area contributed by atoms with Crippen molar-refractivity contribution in [1.29, 1.82) is 0 Å². The summed E-state index contributed by atoms with van der Waals surface area (Å²) in [5.41, 5.74) is 0. The molecule has 1 aliphatic heterocycles. The van der Waals surface area contributed by atoms with E-state index in [4.69, 9.17) is 0 Å². The van der Waals surface area contributed by atoms with Crippen molar-refractivity contribution in [3.05, 3.63) is 0 Å². The lowest BCUT2D eigenvalue weighted by molar-refractivity contribution is -0.128. The third-order valence-corrected chi connectivity index (χ3v) is 9.68. The fourth-order valence-corrected chi connectivity index (χ4v) is 7.30. The lowest BCUT2D eigenvalue weighted by Gasteiger charge is -2.25. The molecule has 2 aliphatic carbocycles. The smallest absolute Gasteiger partial charge is 0.239 e.